The lowest BCUT2D eigenvalue weighted by molar-refractivity contribution is 0.376. The molecule has 8 heteroatoms. The molecule has 4 rings (SSSR count). The standard InChI is InChI=1S/C16H21N7O/c1-3-5-13-8-14(23-16(20-13)17-10-18-23)22-7-4-6-12(9-22)15-19-11(2)24-21-15/h8,10,12H,3-7,9H2,1-2H3/t12-/m1/s1. The van der Waals surface area contributed by atoms with Gasteiger partial charge in [-0.2, -0.15) is 19.6 Å². The van der Waals surface area contributed by atoms with E-state index in [2.05, 4.69) is 43.1 Å². The van der Waals surface area contributed by atoms with E-state index < -0.39 is 0 Å². The van der Waals surface area contributed by atoms with Crippen LogP contribution in [0.2, 0.25) is 0 Å². The van der Waals surface area contributed by atoms with Crippen molar-refractivity contribution in [1.82, 2.24) is 29.7 Å². The SMILES string of the molecule is CCCc1cc(N2CCC[C@@H](c3noc(C)n3)C2)n2ncnc2n1. The number of rotatable bonds is 4. The van der Waals surface area contributed by atoms with Crippen molar-refractivity contribution in [2.75, 3.05) is 18.0 Å². The predicted octanol–water partition coefficient (Wildman–Crippen LogP) is 2.15. The normalized spacial score (nSPS) is 18.4. The van der Waals surface area contributed by atoms with Gasteiger partial charge in [0.15, 0.2) is 5.82 Å². The third-order valence-corrected chi connectivity index (χ3v) is 4.45. The van der Waals surface area contributed by atoms with E-state index >= 15 is 0 Å². The van der Waals surface area contributed by atoms with Gasteiger partial charge in [0.05, 0.1) is 0 Å². The smallest absolute Gasteiger partial charge is 0.254 e. The first kappa shape index (κ1) is 15.0. The Kier molecular flexibility index (Phi) is 3.87. The summed E-state index contributed by atoms with van der Waals surface area (Å²) in [4.78, 5) is 15.6. The largest absolute Gasteiger partial charge is 0.356 e. The maximum Gasteiger partial charge on any atom is 0.254 e. The average Bonchev–Trinajstić information content (AvgIpc) is 3.23. The molecule has 126 valence electrons. The minimum absolute atomic E-state index is 0.276. The minimum Gasteiger partial charge on any atom is -0.356 e. The molecule has 1 aliphatic rings. The molecule has 4 heterocycles. The highest BCUT2D eigenvalue weighted by Crippen LogP contribution is 2.29. The lowest BCUT2D eigenvalue weighted by atomic mass is 9.97. The fourth-order valence-electron chi connectivity index (χ4n) is 3.33. The van der Waals surface area contributed by atoms with Crippen molar-refractivity contribution in [2.24, 2.45) is 0 Å². The van der Waals surface area contributed by atoms with Crippen molar-refractivity contribution in [3.05, 3.63) is 29.8 Å². The van der Waals surface area contributed by atoms with Gasteiger partial charge in [-0.3, -0.25) is 0 Å². The summed E-state index contributed by atoms with van der Waals surface area (Å²) in [5.74, 6) is 3.40. The van der Waals surface area contributed by atoms with Crippen LogP contribution in [0.1, 0.15) is 49.5 Å². The molecule has 1 aliphatic heterocycles. The Hall–Kier alpha value is -2.51. The number of piperidine rings is 1. The second-order valence-electron chi connectivity index (χ2n) is 6.28. The van der Waals surface area contributed by atoms with E-state index in [0.29, 0.717) is 11.7 Å². The maximum absolute atomic E-state index is 5.15. The monoisotopic (exact) mass is 327 g/mol. The van der Waals surface area contributed by atoms with E-state index in [1.165, 1.54) is 0 Å². The quantitative estimate of drug-likeness (QED) is 0.725. The second-order valence-corrected chi connectivity index (χ2v) is 6.28. The molecule has 0 saturated carbocycles. The summed E-state index contributed by atoms with van der Waals surface area (Å²) < 4.78 is 6.97. The van der Waals surface area contributed by atoms with Crippen LogP contribution in [-0.2, 0) is 6.42 Å². The van der Waals surface area contributed by atoms with Gasteiger partial charge < -0.3 is 9.42 Å². The number of hydrogen-bond donors (Lipinski definition) is 0. The van der Waals surface area contributed by atoms with Crippen LogP contribution in [0.15, 0.2) is 16.9 Å². The van der Waals surface area contributed by atoms with Crippen molar-refractivity contribution in [3.63, 3.8) is 0 Å². The predicted molar refractivity (Wildman–Crippen MR) is 88.0 cm³/mol. The van der Waals surface area contributed by atoms with Crippen molar-refractivity contribution in [3.8, 4) is 0 Å². The molecule has 0 aliphatic carbocycles. The first-order chi connectivity index (χ1) is 11.7. The first-order valence-electron chi connectivity index (χ1n) is 8.49. The van der Waals surface area contributed by atoms with Gasteiger partial charge >= 0.3 is 0 Å². The average molecular weight is 327 g/mol. The van der Waals surface area contributed by atoms with Crippen LogP contribution in [0.3, 0.4) is 0 Å². The summed E-state index contributed by atoms with van der Waals surface area (Å²) in [5, 5.41) is 8.46. The van der Waals surface area contributed by atoms with Crippen LogP contribution < -0.4 is 4.90 Å². The van der Waals surface area contributed by atoms with Gasteiger partial charge in [-0.1, -0.05) is 18.5 Å². The third-order valence-electron chi connectivity index (χ3n) is 4.45. The molecule has 0 unspecified atom stereocenters. The number of aryl methyl sites for hydroxylation is 2. The molecule has 1 atom stereocenters. The fourth-order valence-corrected chi connectivity index (χ4v) is 3.33. The van der Waals surface area contributed by atoms with E-state index in [9.17, 15) is 0 Å². The van der Waals surface area contributed by atoms with Gasteiger partial charge in [0, 0.05) is 37.7 Å². The van der Waals surface area contributed by atoms with E-state index in [0.717, 1.165) is 56.1 Å². The van der Waals surface area contributed by atoms with Crippen LogP contribution in [0.4, 0.5) is 5.82 Å². The van der Waals surface area contributed by atoms with Gasteiger partial charge in [0.1, 0.15) is 12.1 Å². The van der Waals surface area contributed by atoms with Crippen LogP contribution in [-0.4, -0.2) is 42.8 Å². The highest BCUT2D eigenvalue weighted by Gasteiger charge is 2.27. The number of aromatic nitrogens is 6. The summed E-state index contributed by atoms with van der Waals surface area (Å²) in [6.45, 7) is 5.82. The number of fused-ring (bicyclic) bond motifs is 1. The van der Waals surface area contributed by atoms with Crippen molar-refractivity contribution < 1.29 is 4.52 Å². The van der Waals surface area contributed by atoms with E-state index in [-0.39, 0.29) is 5.92 Å². The number of hydrogen-bond acceptors (Lipinski definition) is 7. The minimum atomic E-state index is 0.276. The highest BCUT2D eigenvalue weighted by molar-refractivity contribution is 5.48. The van der Waals surface area contributed by atoms with Crippen LogP contribution in [0.5, 0.6) is 0 Å². The Balaban J connectivity index is 1.67. The molecule has 0 radical (unpaired) electrons. The van der Waals surface area contributed by atoms with Crippen molar-refractivity contribution in [1.29, 1.82) is 0 Å². The zero-order valence-electron chi connectivity index (χ0n) is 14.0. The highest BCUT2D eigenvalue weighted by atomic mass is 16.5. The second kappa shape index (κ2) is 6.18. The van der Waals surface area contributed by atoms with Crippen molar-refractivity contribution >= 4 is 11.6 Å². The first-order valence-corrected chi connectivity index (χ1v) is 8.49. The maximum atomic E-state index is 5.15. The molecule has 0 bridgehead atoms. The summed E-state index contributed by atoms with van der Waals surface area (Å²) in [6, 6.07) is 2.13. The molecule has 0 aromatic carbocycles. The van der Waals surface area contributed by atoms with Crippen molar-refractivity contribution in [2.45, 2.75) is 45.4 Å². The number of nitrogens with zero attached hydrogens (tertiary/aromatic N) is 7. The van der Waals surface area contributed by atoms with Gasteiger partial charge in [-0.05, 0) is 19.3 Å². The van der Waals surface area contributed by atoms with E-state index in [4.69, 9.17) is 4.52 Å². The molecule has 0 N–H and O–H groups in total. The molecule has 8 nitrogen and oxygen atoms in total. The number of anilines is 1. The zero-order chi connectivity index (χ0) is 16.5. The van der Waals surface area contributed by atoms with Crippen LogP contribution >= 0.6 is 0 Å². The van der Waals surface area contributed by atoms with Gasteiger partial charge in [-0.25, -0.2) is 4.98 Å². The van der Waals surface area contributed by atoms with E-state index in [1.54, 1.807) is 6.33 Å². The molecule has 1 fully saturated rings. The fraction of sp³-hybridized carbons (Fsp3) is 0.562. The lowest BCUT2D eigenvalue weighted by Gasteiger charge is -2.33. The van der Waals surface area contributed by atoms with Crippen LogP contribution in [0.25, 0.3) is 5.78 Å². The summed E-state index contributed by atoms with van der Waals surface area (Å²) in [5.41, 5.74) is 1.06. The Bertz CT molecular complexity index is 840. The Morgan fingerprint density at radius 2 is 2.25 bits per heavy atom. The molecule has 3 aromatic heterocycles. The Morgan fingerprint density at radius 1 is 1.33 bits per heavy atom. The Morgan fingerprint density at radius 3 is 3.04 bits per heavy atom. The Labute approximate surface area is 139 Å². The topological polar surface area (TPSA) is 85.2 Å². The van der Waals surface area contributed by atoms with E-state index in [1.807, 2.05) is 11.4 Å². The third kappa shape index (κ3) is 2.72. The molecule has 0 amide bonds. The molecule has 24 heavy (non-hydrogen) atoms. The van der Waals surface area contributed by atoms with Gasteiger partial charge in [-0.15, -0.1) is 0 Å². The molecule has 3 aromatic rings. The zero-order valence-corrected chi connectivity index (χ0v) is 14.0. The lowest BCUT2D eigenvalue weighted by Crippen LogP contribution is -2.36. The summed E-state index contributed by atoms with van der Waals surface area (Å²) in [6.07, 6.45) is 5.72. The molecule has 0 spiro atoms. The summed E-state index contributed by atoms with van der Waals surface area (Å²) in [7, 11) is 0. The van der Waals surface area contributed by atoms with Crippen LogP contribution in [0, 0.1) is 6.92 Å². The summed E-state index contributed by atoms with van der Waals surface area (Å²) >= 11 is 0. The molecule has 1 saturated heterocycles. The molecular weight excluding hydrogens is 306 g/mol. The molecular formula is C16H21N7O. The van der Waals surface area contributed by atoms with Gasteiger partial charge in [0.25, 0.3) is 5.78 Å². The van der Waals surface area contributed by atoms with Gasteiger partial charge in [0.2, 0.25) is 5.89 Å².